The van der Waals surface area contributed by atoms with Crippen molar-refractivity contribution in [3.05, 3.63) is 46.4 Å². The summed E-state index contributed by atoms with van der Waals surface area (Å²) in [4.78, 5) is 0. The van der Waals surface area contributed by atoms with Crippen LogP contribution in [0.1, 0.15) is 45.1 Å². The number of benzene rings is 1. The summed E-state index contributed by atoms with van der Waals surface area (Å²) < 4.78 is 31.4. The van der Waals surface area contributed by atoms with Crippen molar-refractivity contribution in [1.29, 1.82) is 0 Å². The molecule has 1 fully saturated rings. The van der Waals surface area contributed by atoms with Gasteiger partial charge in [-0.05, 0) is 39.8 Å². The van der Waals surface area contributed by atoms with Crippen LogP contribution in [0, 0.1) is 5.82 Å². The second kappa shape index (κ2) is 7.02. The van der Waals surface area contributed by atoms with Crippen LogP contribution >= 0.6 is 11.6 Å². The monoisotopic (exact) mass is 394 g/mol. The lowest BCUT2D eigenvalue weighted by Crippen LogP contribution is -2.41. The van der Waals surface area contributed by atoms with Crippen molar-refractivity contribution >= 4 is 24.2 Å². The zero-order valence-electron chi connectivity index (χ0n) is 15.8. The summed E-state index contributed by atoms with van der Waals surface area (Å²) in [6.07, 6.45) is -1.20. The van der Waals surface area contributed by atoms with Gasteiger partial charge in [-0.15, -0.1) is 10.2 Å². The average Bonchev–Trinajstić information content (AvgIpc) is 2.82. The van der Waals surface area contributed by atoms with Gasteiger partial charge in [0.15, 0.2) is 0 Å². The third-order valence-corrected chi connectivity index (χ3v) is 5.40. The number of aromatic nitrogens is 2. The highest BCUT2D eigenvalue weighted by Gasteiger charge is 2.52. The van der Waals surface area contributed by atoms with Crippen LogP contribution in [0.4, 0.5) is 4.39 Å². The highest BCUT2D eigenvalue weighted by molar-refractivity contribution is 6.62. The van der Waals surface area contributed by atoms with Gasteiger partial charge in [-0.1, -0.05) is 17.7 Å². The fourth-order valence-electron chi connectivity index (χ4n) is 2.69. The minimum absolute atomic E-state index is 0.0675. The minimum atomic E-state index is -1.20. The highest BCUT2D eigenvalue weighted by atomic mass is 35.5. The number of aliphatic hydroxyl groups is 1. The SMILES string of the molecule is COc1ccc([C@@H](O)c2cc(B3OC(C)(C)C(C)(C)O3)c(F)cc2Cl)nn1. The molecule has 0 saturated carbocycles. The molecule has 1 atom stereocenters. The molecule has 0 unspecified atom stereocenters. The third kappa shape index (κ3) is 3.67. The molecule has 2 heterocycles. The maximum atomic E-state index is 14.6. The van der Waals surface area contributed by atoms with Crippen LogP contribution in [-0.4, -0.2) is 40.7 Å². The van der Waals surface area contributed by atoms with Crippen LogP contribution < -0.4 is 10.2 Å². The maximum absolute atomic E-state index is 14.6. The first kappa shape index (κ1) is 20.0. The van der Waals surface area contributed by atoms with E-state index in [1.807, 2.05) is 27.7 Å². The highest BCUT2D eigenvalue weighted by Crippen LogP contribution is 2.37. The van der Waals surface area contributed by atoms with Crippen molar-refractivity contribution in [2.75, 3.05) is 7.11 Å². The summed E-state index contributed by atoms with van der Waals surface area (Å²) in [7, 11) is 0.550. The molecule has 1 aromatic heterocycles. The molecule has 3 rings (SSSR count). The van der Waals surface area contributed by atoms with E-state index in [9.17, 15) is 9.50 Å². The van der Waals surface area contributed by atoms with Crippen molar-refractivity contribution in [2.45, 2.75) is 45.0 Å². The molecule has 1 N–H and O–H groups in total. The van der Waals surface area contributed by atoms with Crippen molar-refractivity contribution < 1.29 is 23.5 Å². The van der Waals surface area contributed by atoms with E-state index < -0.39 is 30.2 Å². The summed E-state index contributed by atoms with van der Waals surface area (Å²) in [5, 5.41) is 18.5. The summed E-state index contributed by atoms with van der Waals surface area (Å²) in [5.74, 6) is -0.260. The Morgan fingerprint density at radius 3 is 2.30 bits per heavy atom. The standard InChI is InChI=1S/C18H21BClFN2O4/c1-17(2)18(3,4)27-19(26-17)11-8-10(12(20)9-13(11)21)16(24)14-6-7-15(25-5)23-22-14/h6-9,16,24H,1-5H3/t16-/m0/s1. The first-order valence-electron chi connectivity index (χ1n) is 8.46. The van der Waals surface area contributed by atoms with E-state index in [1.165, 1.54) is 13.2 Å². The Labute approximate surface area is 162 Å². The van der Waals surface area contributed by atoms with Crippen LogP contribution in [0.15, 0.2) is 24.3 Å². The fourth-order valence-corrected chi connectivity index (χ4v) is 2.94. The average molecular weight is 395 g/mol. The Bertz CT molecular complexity index is 832. The molecule has 2 aromatic rings. The number of methoxy groups -OCH3 is 1. The number of rotatable bonds is 4. The third-order valence-electron chi connectivity index (χ3n) is 5.07. The van der Waals surface area contributed by atoms with E-state index in [2.05, 4.69) is 10.2 Å². The van der Waals surface area contributed by atoms with Crippen LogP contribution in [0.25, 0.3) is 0 Å². The van der Waals surface area contributed by atoms with Gasteiger partial charge in [0.25, 0.3) is 0 Å². The van der Waals surface area contributed by atoms with Crippen molar-refractivity contribution in [1.82, 2.24) is 10.2 Å². The topological polar surface area (TPSA) is 73.7 Å². The molecule has 144 valence electrons. The van der Waals surface area contributed by atoms with Gasteiger partial charge in [-0.3, -0.25) is 0 Å². The summed E-state index contributed by atoms with van der Waals surface area (Å²) >= 11 is 6.17. The fraction of sp³-hybridized carbons (Fsp3) is 0.444. The number of nitrogens with zero attached hydrogens (tertiary/aromatic N) is 2. The smallest absolute Gasteiger partial charge is 0.480 e. The minimum Gasteiger partial charge on any atom is -0.480 e. The summed E-state index contributed by atoms with van der Waals surface area (Å²) in [6, 6.07) is 5.70. The maximum Gasteiger partial charge on any atom is 0.497 e. The lowest BCUT2D eigenvalue weighted by molar-refractivity contribution is 0.00578. The molecule has 1 aliphatic heterocycles. The molecule has 0 amide bonds. The second-order valence-electron chi connectivity index (χ2n) is 7.39. The van der Waals surface area contributed by atoms with Crippen molar-refractivity contribution in [3.63, 3.8) is 0 Å². The molecule has 27 heavy (non-hydrogen) atoms. The van der Waals surface area contributed by atoms with Crippen LogP contribution in [0.5, 0.6) is 5.88 Å². The predicted octanol–water partition coefficient (Wildman–Crippen LogP) is 2.66. The van der Waals surface area contributed by atoms with E-state index in [4.69, 9.17) is 25.6 Å². The van der Waals surface area contributed by atoms with E-state index >= 15 is 0 Å². The Hall–Kier alpha value is -1.74. The Kier molecular flexibility index (Phi) is 5.20. The van der Waals surface area contributed by atoms with E-state index in [0.717, 1.165) is 6.07 Å². The lowest BCUT2D eigenvalue weighted by Gasteiger charge is -2.32. The quantitative estimate of drug-likeness (QED) is 0.804. The molecule has 0 radical (unpaired) electrons. The summed E-state index contributed by atoms with van der Waals surface area (Å²) in [5.41, 5.74) is -0.548. The zero-order valence-corrected chi connectivity index (χ0v) is 16.5. The van der Waals surface area contributed by atoms with E-state index in [-0.39, 0.29) is 21.7 Å². The Morgan fingerprint density at radius 1 is 1.15 bits per heavy atom. The molecule has 0 aliphatic carbocycles. The first-order valence-corrected chi connectivity index (χ1v) is 8.83. The number of hydrogen-bond donors (Lipinski definition) is 1. The normalized spacial score (nSPS) is 19.2. The number of hydrogen-bond acceptors (Lipinski definition) is 6. The molecule has 0 spiro atoms. The molecule has 0 bridgehead atoms. The van der Waals surface area contributed by atoms with Gasteiger partial charge < -0.3 is 19.2 Å². The number of halogens is 2. The molecule has 1 aromatic carbocycles. The van der Waals surface area contributed by atoms with Crippen molar-refractivity contribution in [2.24, 2.45) is 0 Å². The lowest BCUT2D eigenvalue weighted by atomic mass is 9.77. The molecular weight excluding hydrogens is 373 g/mol. The number of ether oxygens (including phenoxy) is 1. The van der Waals surface area contributed by atoms with Crippen LogP contribution in [0.2, 0.25) is 5.02 Å². The van der Waals surface area contributed by atoms with Gasteiger partial charge in [0.1, 0.15) is 11.9 Å². The summed E-state index contributed by atoms with van der Waals surface area (Å²) in [6.45, 7) is 7.51. The van der Waals surface area contributed by atoms with E-state index in [1.54, 1.807) is 12.1 Å². The van der Waals surface area contributed by atoms with Crippen LogP contribution in [0.3, 0.4) is 0 Å². The zero-order chi connectivity index (χ0) is 20.0. The van der Waals surface area contributed by atoms with E-state index in [0.29, 0.717) is 5.88 Å². The molecule has 6 nitrogen and oxygen atoms in total. The Morgan fingerprint density at radius 2 is 1.78 bits per heavy atom. The van der Waals surface area contributed by atoms with Gasteiger partial charge in [-0.25, -0.2) is 4.39 Å². The number of aliphatic hydroxyl groups excluding tert-OH is 1. The van der Waals surface area contributed by atoms with Gasteiger partial charge in [0, 0.05) is 22.1 Å². The van der Waals surface area contributed by atoms with Crippen LogP contribution in [-0.2, 0) is 9.31 Å². The molecular formula is C18H21BClFN2O4. The second-order valence-corrected chi connectivity index (χ2v) is 7.79. The van der Waals surface area contributed by atoms with Gasteiger partial charge in [0.2, 0.25) is 5.88 Å². The predicted molar refractivity (Wildman–Crippen MR) is 99.8 cm³/mol. The van der Waals surface area contributed by atoms with Crippen molar-refractivity contribution in [3.8, 4) is 5.88 Å². The Balaban J connectivity index is 1.97. The largest absolute Gasteiger partial charge is 0.497 e. The van der Waals surface area contributed by atoms with Gasteiger partial charge in [0.05, 0.1) is 24.0 Å². The molecule has 9 heteroatoms. The molecule has 1 saturated heterocycles. The van der Waals surface area contributed by atoms with Gasteiger partial charge in [-0.2, -0.15) is 0 Å². The molecule has 1 aliphatic rings. The van der Waals surface area contributed by atoms with Gasteiger partial charge >= 0.3 is 7.12 Å². The first-order chi connectivity index (χ1) is 12.6.